The quantitative estimate of drug-likeness (QED) is 0.857. The maximum atomic E-state index is 13.5. The summed E-state index contributed by atoms with van der Waals surface area (Å²) in [5.74, 6) is -4.24. The molecule has 0 saturated heterocycles. The molecule has 0 spiro atoms. The summed E-state index contributed by atoms with van der Waals surface area (Å²) in [5.41, 5.74) is 5.27. The monoisotopic (exact) mass is 310 g/mol. The molecule has 2 aromatic rings. The fourth-order valence-electron chi connectivity index (χ4n) is 1.66. The Morgan fingerprint density at radius 3 is 2.19 bits per heavy atom. The number of thiocarbonyl (C=S) groups is 1. The highest BCUT2D eigenvalue weighted by Crippen LogP contribution is 2.21. The van der Waals surface area contributed by atoms with E-state index in [1.165, 1.54) is 18.2 Å². The van der Waals surface area contributed by atoms with Crippen LogP contribution in [0.5, 0.6) is 0 Å². The lowest BCUT2D eigenvalue weighted by Crippen LogP contribution is -2.16. The number of anilines is 1. The summed E-state index contributed by atoms with van der Waals surface area (Å²) in [6.07, 6.45) is 0. The molecule has 0 aliphatic carbocycles. The van der Waals surface area contributed by atoms with Gasteiger partial charge in [0.05, 0.1) is 0 Å². The van der Waals surface area contributed by atoms with E-state index in [1.54, 1.807) is 6.07 Å². The van der Waals surface area contributed by atoms with Gasteiger partial charge in [-0.15, -0.1) is 0 Å². The zero-order valence-electron chi connectivity index (χ0n) is 10.5. The zero-order valence-corrected chi connectivity index (χ0v) is 11.3. The van der Waals surface area contributed by atoms with Crippen LogP contribution in [-0.2, 0) is 0 Å². The lowest BCUT2D eigenvalue weighted by atomic mass is 10.1. The fraction of sp³-hybridized carbons (Fsp3) is 0. The molecule has 0 fully saturated rings. The third kappa shape index (κ3) is 3.38. The largest absolute Gasteiger partial charge is 0.389 e. The van der Waals surface area contributed by atoms with Crippen LogP contribution >= 0.6 is 12.2 Å². The number of hydrogen-bond acceptors (Lipinski definition) is 2. The van der Waals surface area contributed by atoms with Gasteiger partial charge in [0.2, 0.25) is 0 Å². The van der Waals surface area contributed by atoms with E-state index in [9.17, 15) is 18.0 Å². The van der Waals surface area contributed by atoms with E-state index in [2.05, 4.69) is 0 Å². The molecule has 0 radical (unpaired) electrons. The van der Waals surface area contributed by atoms with E-state index in [1.807, 2.05) is 5.32 Å². The van der Waals surface area contributed by atoms with Gasteiger partial charge in [0.1, 0.15) is 16.5 Å². The summed E-state index contributed by atoms with van der Waals surface area (Å²) in [5, 5.41) is 2.05. The standard InChI is InChI=1S/C14H9F3N2OS/c15-9-5-10(16)12(11(17)6-9)19-14(20)8-3-1-2-7(4-8)13(18)21/h1-6H,(H2,18,21)(H,19,20). The van der Waals surface area contributed by atoms with Crippen molar-refractivity contribution in [3.63, 3.8) is 0 Å². The van der Waals surface area contributed by atoms with Gasteiger partial charge in [0.25, 0.3) is 5.91 Å². The van der Waals surface area contributed by atoms with Crippen molar-refractivity contribution in [2.75, 3.05) is 5.32 Å². The second kappa shape index (κ2) is 5.92. The predicted octanol–water partition coefficient (Wildman–Crippen LogP) is 2.99. The van der Waals surface area contributed by atoms with E-state index in [0.29, 0.717) is 17.7 Å². The number of carbonyl (C=O) groups is 1. The highest BCUT2D eigenvalue weighted by atomic mass is 32.1. The minimum absolute atomic E-state index is 0.0868. The third-order valence-electron chi connectivity index (χ3n) is 2.65. The molecular formula is C14H9F3N2OS. The molecular weight excluding hydrogens is 301 g/mol. The van der Waals surface area contributed by atoms with Gasteiger partial charge in [0, 0.05) is 23.3 Å². The van der Waals surface area contributed by atoms with E-state index < -0.39 is 29.0 Å². The molecule has 108 valence electrons. The van der Waals surface area contributed by atoms with Gasteiger partial charge >= 0.3 is 0 Å². The number of amides is 1. The van der Waals surface area contributed by atoms with Gasteiger partial charge in [-0.05, 0) is 12.1 Å². The van der Waals surface area contributed by atoms with E-state index >= 15 is 0 Å². The molecule has 1 amide bonds. The Balaban J connectivity index is 2.30. The average Bonchev–Trinajstić information content (AvgIpc) is 2.42. The van der Waals surface area contributed by atoms with E-state index in [-0.39, 0.29) is 10.6 Å². The third-order valence-corrected chi connectivity index (χ3v) is 2.89. The van der Waals surface area contributed by atoms with Gasteiger partial charge < -0.3 is 11.1 Å². The van der Waals surface area contributed by atoms with Crippen LogP contribution in [0.15, 0.2) is 36.4 Å². The van der Waals surface area contributed by atoms with Crippen molar-refractivity contribution in [2.24, 2.45) is 5.73 Å². The van der Waals surface area contributed by atoms with Crippen molar-refractivity contribution in [1.29, 1.82) is 0 Å². The summed E-state index contributed by atoms with van der Waals surface area (Å²) in [6.45, 7) is 0. The highest BCUT2D eigenvalue weighted by molar-refractivity contribution is 7.80. The van der Waals surface area contributed by atoms with Crippen molar-refractivity contribution in [3.05, 3.63) is 65.0 Å². The Morgan fingerprint density at radius 1 is 1.05 bits per heavy atom. The van der Waals surface area contributed by atoms with Crippen LogP contribution < -0.4 is 11.1 Å². The summed E-state index contributed by atoms with van der Waals surface area (Å²) in [4.78, 5) is 12.0. The van der Waals surface area contributed by atoms with Crippen LogP contribution in [0.3, 0.4) is 0 Å². The van der Waals surface area contributed by atoms with Crippen molar-refractivity contribution in [2.45, 2.75) is 0 Å². The van der Waals surface area contributed by atoms with Gasteiger partial charge in [-0.25, -0.2) is 13.2 Å². The van der Waals surface area contributed by atoms with E-state index in [4.69, 9.17) is 18.0 Å². The van der Waals surface area contributed by atoms with Crippen molar-refractivity contribution in [1.82, 2.24) is 0 Å². The molecule has 2 rings (SSSR count). The number of rotatable bonds is 3. The second-order valence-corrected chi connectivity index (χ2v) is 4.58. The number of nitrogens with one attached hydrogen (secondary N) is 1. The van der Waals surface area contributed by atoms with Crippen molar-refractivity contribution >= 4 is 28.8 Å². The number of benzene rings is 2. The summed E-state index contributed by atoms with van der Waals surface area (Å²) < 4.78 is 39.7. The summed E-state index contributed by atoms with van der Waals surface area (Å²) in [7, 11) is 0. The van der Waals surface area contributed by atoms with Crippen LogP contribution in [0, 0.1) is 17.5 Å². The normalized spacial score (nSPS) is 10.2. The SMILES string of the molecule is NC(=S)c1cccc(C(=O)Nc2c(F)cc(F)cc2F)c1. The first kappa shape index (κ1) is 15.0. The van der Waals surface area contributed by atoms with Crippen LogP contribution in [0.2, 0.25) is 0 Å². The number of hydrogen-bond donors (Lipinski definition) is 2. The Morgan fingerprint density at radius 2 is 1.62 bits per heavy atom. The minimum Gasteiger partial charge on any atom is -0.389 e. The Labute approximate surface area is 123 Å². The minimum atomic E-state index is -1.20. The first-order valence-electron chi connectivity index (χ1n) is 5.74. The van der Waals surface area contributed by atoms with Gasteiger partial charge in [0.15, 0.2) is 11.6 Å². The molecule has 0 aliphatic heterocycles. The molecule has 21 heavy (non-hydrogen) atoms. The first-order chi connectivity index (χ1) is 9.88. The molecule has 3 nitrogen and oxygen atoms in total. The molecule has 2 aromatic carbocycles. The molecule has 0 heterocycles. The maximum Gasteiger partial charge on any atom is 0.255 e. The smallest absolute Gasteiger partial charge is 0.255 e. The number of nitrogens with two attached hydrogens (primary N) is 1. The Bertz CT molecular complexity index is 711. The fourth-order valence-corrected chi connectivity index (χ4v) is 1.79. The molecule has 0 bridgehead atoms. The number of halogens is 3. The molecule has 0 unspecified atom stereocenters. The Hall–Kier alpha value is -2.41. The van der Waals surface area contributed by atoms with Crippen LogP contribution in [-0.4, -0.2) is 10.9 Å². The topological polar surface area (TPSA) is 55.1 Å². The van der Waals surface area contributed by atoms with E-state index in [0.717, 1.165) is 0 Å². The van der Waals surface area contributed by atoms with Gasteiger partial charge in [-0.2, -0.15) is 0 Å². The average molecular weight is 310 g/mol. The summed E-state index contributed by atoms with van der Waals surface area (Å²) >= 11 is 4.78. The van der Waals surface area contributed by atoms with Crippen LogP contribution in [0.1, 0.15) is 15.9 Å². The lowest BCUT2D eigenvalue weighted by Gasteiger charge is -2.08. The molecule has 3 N–H and O–H groups in total. The lowest BCUT2D eigenvalue weighted by molar-refractivity contribution is 0.102. The van der Waals surface area contributed by atoms with Crippen molar-refractivity contribution in [3.8, 4) is 0 Å². The maximum absolute atomic E-state index is 13.5. The molecule has 0 aliphatic rings. The van der Waals surface area contributed by atoms with Gasteiger partial charge in [-0.1, -0.05) is 24.4 Å². The zero-order chi connectivity index (χ0) is 15.6. The van der Waals surface area contributed by atoms with Crippen molar-refractivity contribution < 1.29 is 18.0 Å². The van der Waals surface area contributed by atoms with Crippen LogP contribution in [0.25, 0.3) is 0 Å². The molecule has 0 saturated carbocycles. The molecule has 0 atom stereocenters. The first-order valence-corrected chi connectivity index (χ1v) is 6.15. The predicted molar refractivity (Wildman–Crippen MR) is 76.6 cm³/mol. The summed E-state index contributed by atoms with van der Waals surface area (Å²) in [6, 6.07) is 6.89. The number of carbonyl (C=O) groups excluding carboxylic acids is 1. The molecule has 0 aromatic heterocycles. The Kier molecular flexibility index (Phi) is 4.23. The second-order valence-electron chi connectivity index (χ2n) is 4.14. The highest BCUT2D eigenvalue weighted by Gasteiger charge is 2.15. The molecule has 7 heteroatoms. The van der Waals surface area contributed by atoms with Crippen LogP contribution in [0.4, 0.5) is 18.9 Å². The van der Waals surface area contributed by atoms with Gasteiger partial charge in [-0.3, -0.25) is 4.79 Å².